The molecule has 0 aromatic heterocycles. The highest BCUT2D eigenvalue weighted by atomic mass is 35.5. The molecule has 0 heterocycles. The van der Waals surface area contributed by atoms with Gasteiger partial charge in [0.2, 0.25) is 0 Å². The lowest BCUT2D eigenvalue weighted by molar-refractivity contribution is 0.101. The number of rotatable bonds is 4. The van der Waals surface area contributed by atoms with Crippen LogP contribution < -0.4 is 9.64 Å². The van der Waals surface area contributed by atoms with Crippen molar-refractivity contribution in [3.8, 4) is 5.75 Å². The molecule has 2 rings (SSSR count). The Morgan fingerprint density at radius 1 is 1.04 bits per heavy atom. The summed E-state index contributed by atoms with van der Waals surface area (Å²) < 4.78 is 5.45. The van der Waals surface area contributed by atoms with Gasteiger partial charge in [-0.05, 0) is 57.2 Å². The molecule has 0 N–H and O–H groups in total. The monoisotopic (exact) mass is 331 g/mol. The van der Waals surface area contributed by atoms with E-state index >= 15 is 0 Å². The van der Waals surface area contributed by atoms with Crippen LogP contribution in [-0.2, 0) is 0 Å². The lowest BCUT2D eigenvalue weighted by atomic mass is 10.1. The molecule has 4 nitrogen and oxygen atoms in total. The van der Waals surface area contributed by atoms with E-state index in [1.165, 1.54) is 11.8 Å². The lowest BCUT2D eigenvalue weighted by Crippen LogP contribution is -2.39. The van der Waals surface area contributed by atoms with Gasteiger partial charge in [-0.2, -0.15) is 0 Å². The summed E-state index contributed by atoms with van der Waals surface area (Å²) in [6, 6.07) is 13.5. The zero-order valence-corrected chi connectivity index (χ0v) is 14.0. The number of carbonyl (C=O) groups is 2. The number of ether oxygens (including phenoxy) is 1. The molecule has 0 radical (unpaired) electrons. The summed E-state index contributed by atoms with van der Waals surface area (Å²) in [6.07, 6.45) is -0.545. The Balaban J connectivity index is 2.30. The van der Waals surface area contributed by atoms with Crippen molar-refractivity contribution in [2.45, 2.75) is 26.8 Å². The fourth-order valence-electron chi connectivity index (χ4n) is 2.21. The topological polar surface area (TPSA) is 46.6 Å². The summed E-state index contributed by atoms with van der Waals surface area (Å²) in [4.78, 5) is 25.7. The molecule has 5 heteroatoms. The fourth-order valence-corrected chi connectivity index (χ4v) is 2.33. The molecule has 2 aromatic rings. The molecule has 23 heavy (non-hydrogen) atoms. The third kappa shape index (κ3) is 4.11. The predicted octanol–water partition coefficient (Wildman–Crippen LogP) is 4.96. The molecule has 0 saturated heterocycles. The van der Waals surface area contributed by atoms with Gasteiger partial charge in [0.05, 0.1) is 5.56 Å². The van der Waals surface area contributed by atoms with Gasteiger partial charge in [0.25, 0.3) is 0 Å². The highest BCUT2D eigenvalue weighted by Crippen LogP contribution is 2.24. The van der Waals surface area contributed by atoms with Crippen molar-refractivity contribution in [2.75, 3.05) is 4.90 Å². The number of benzene rings is 2. The van der Waals surface area contributed by atoms with Crippen LogP contribution in [0.2, 0.25) is 5.02 Å². The second-order valence-corrected chi connectivity index (χ2v) is 5.80. The minimum Gasteiger partial charge on any atom is -0.409 e. The first-order valence-electron chi connectivity index (χ1n) is 7.26. The molecule has 0 aliphatic rings. The zero-order valence-electron chi connectivity index (χ0n) is 13.2. The van der Waals surface area contributed by atoms with Gasteiger partial charge in [-0.1, -0.05) is 23.7 Å². The van der Waals surface area contributed by atoms with E-state index in [1.54, 1.807) is 48.5 Å². The number of ketones is 1. The molecule has 0 fully saturated rings. The zero-order chi connectivity index (χ0) is 17.0. The van der Waals surface area contributed by atoms with Gasteiger partial charge in [-0.15, -0.1) is 0 Å². The van der Waals surface area contributed by atoms with E-state index in [9.17, 15) is 9.59 Å². The molecule has 1 amide bonds. The SMILES string of the molecule is CC(=O)c1ccccc1OC(=O)N(c1ccc(Cl)cc1)C(C)C. The Labute approximate surface area is 140 Å². The molecule has 0 unspecified atom stereocenters. The van der Waals surface area contributed by atoms with Gasteiger partial charge in [-0.25, -0.2) is 4.79 Å². The minimum atomic E-state index is -0.545. The second-order valence-electron chi connectivity index (χ2n) is 5.36. The van der Waals surface area contributed by atoms with Crippen LogP contribution >= 0.6 is 11.6 Å². The Morgan fingerprint density at radius 3 is 2.22 bits per heavy atom. The summed E-state index contributed by atoms with van der Waals surface area (Å²) in [5, 5.41) is 0.591. The van der Waals surface area contributed by atoms with Gasteiger partial charge < -0.3 is 4.74 Å². The average Bonchev–Trinajstić information content (AvgIpc) is 2.49. The first-order chi connectivity index (χ1) is 10.9. The highest BCUT2D eigenvalue weighted by Gasteiger charge is 2.22. The number of amides is 1. The molecular weight excluding hydrogens is 314 g/mol. The Bertz CT molecular complexity index is 710. The standard InChI is InChI=1S/C18H18ClNO3/c1-12(2)20(15-10-8-14(19)9-11-15)18(22)23-17-7-5-4-6-16(17)13(3)21/h4-12H,1-3H3. The van der Waals surface area contributed by atoms with Crippen molar-refractivity contribution < 1.29 is 14.3 Å². The maximum atomic E-state index is 12.6. The number of para-hydroxylation sites is 1. The summed E-state index contributed by atoms with van der Waals surface area (Å²) in [7, 11) is 0. The summed E-state index contributed by atoms with van der Waals surface area (Å²) in [5.41, 5.74) is 1.05. The van der Waals surface area contributed by atoms with E-state index in [4.69, 9.17) is 16.3 Å². The number of Topliss-reactive ketones (excluding diaryl/α,β-unsaturated/α-hetero) is 1. The van der Waals surface area contributed by atoms with Crippen LogP contribution in [0.5, 0.6) is 5.75 Å². The molecule has 0 saturated carbocycles. The van der Waals surface area contributed by atoms with E-state index in [2.05, 4.69) is 0 Å². The number of hydrogen-bond acceptors (Lipinski definition) is 3. The van der Waals surface area contributed by atoms with E-state index in [-0.39, 0.29) is 17.6 Å². The van der Waals surface area contributed by atoms with Crippen molar-refractivity contribution in [2.24, 2.45) is 0 Å². The van der Waals surface area contributed by atoms with Crippen LogP contribution in [0.4, 0.5) is 10.5 Å². The van der Waals surface area contributed by atoms with Crippen LogP contribution in [-0.4, -0.2) is 17.9 Å². The Morgan fingerprint density at radius 2 is 1.65 bits per heavy atom. The Kier molecular flexibility index (Phi) is 5.40. The van der Waals surface area contributed by atoms with Crippen molar-refractivity contribution in [1.29, 1.82) is 0 Å². The van der Waals surface area contributed by atoms with Gasteiger partial charge >= 0.3 is 6.09 Å². The fraction of sp³-hybridized carbons (Fsp3) is 0.222. The highest BCUT2D eigenvalue weighted by molar-refractivity contribution is 6.30. The van der Waals surface area contributed by atoms with Gasteiger partial charge in [-0.3, -0.25) is 9.69 Å². The van der Waals surface area contributed by atoms with Gasteiger partial charge in [0.1, 0.15) is 5.75 Å². The first-order valence-corrected chi connectivity index (χ1v) is 7.64. The van der Waals surface area contributed by atoms with E-state index in [1.807, 2.05) is 13.8 Å². The quantitative estimate of drug-likeness (QED) is 0.744. The van der Waals surface area contributed by atoms with E-state index in [0.717, 1.165) is 0 Å². The van der Waals surface area contributed by atoms with Crippen molar-refractivity contribution in [1.82, 2.24) is 0 Å². The predicted molar refractivity (Wildman–Crippen MR) is 91.5 cm³/mol. The maximum Gasteiger partial charge on any atom is 0.420 e. The summed E-state index contributed by atoms with van der Waals surface area (Å²) >= 11 is 5.89. The van der Waals surface area contributed by atoms with Gasteiger partial charge in [0.15, 0.2) is 5.78 Å². The minimum absolute atomic E-state index is 0.117. The number of halogens is 1. The average molecular weight is 332 g/mol. The lowest BCUT2D eigenvalue weighted by Gasteiger charge is -2.26. The van der Waals surface area contributed by atoms with Crippen molar-refractivity contribution in [3.05, 3.63) is 59.1 Å². The van der Waals surface area contributed by atoms with Gasteiger partial charge in [0, 0.05) is 16.8 Å². The van der Waals surface area contributed by atoms with Crippen molar-refractivity contribution >= 4 is 29.2 Å². The summed E-state index contributed by atoms with van der Waals surface area (Å²) in [6.45, 7) is 5.20. The number of nitrogens with zero attached hydrogens (tertiary/aromatic N) is 1. The van der Waals surface area contributed by atoms with Crippen LogP contribution in [0.3, 0.4) is 0 Å². The maximum absolute atomic E-state index is 12.6. The Hall–Kier alpha value is -2.33. The van der Waals surface area contributed by atoms with Crippen LogP contribution in [0.1, 0.15) is 31.1 Å². The second kappa shape index (κ2) is 7.29. The van der Waals surface area contributed by atoms with Crippen molar-refractivity contribution in [3.63, 3.8) is 0 Å². The molecule has 2 aromatic carbocycles. The third-order valence-electron chi connectivity index (χ3n) is 3.28. The van der Waals surface area contributed by atoms with E-state index in [0.29, 0.717) is 16.3 Å². The normalized spacial score (nSPS) is 10.5. The third-order valence-corrected chi connectivity index (χ3v) is 3.53. The molecule has 0 aliphatic heterocycles. The number of hydrogen-bond donors (Lipinski definition) is 0. The number of carbonyl (C=O) groups excluding carboxylic acids is 2. The number of anilines is 1. The molecule has 0 spiro atoms. The molecule has 120 valence electrons. The van der Waals surface area contributed by atoms with Crippen LogP contribution in [0.25, 0.3) is 0 Å². The first kappa shape index (κ1) is 17.0. The van der Waals surface area contributed by atoms with Crippen LogP contribution in [0, 0.1) is 0 Å². The molecule has 0 bridgehead atoms. The molecular formula is C18H18ClNO3. The van der Waals surface area contributed by atoms with Crippen LogP contribution in [0.15, 0.2) is 48.5 Å². The molecule has 0 aliphatic carbocycles. The molecule has 0 atom stereocenters. The smallest absolute Gasteiger partial charge is 0.409 e. The van der Waals surface area contributed by atoms with E-state index < -0.39 is 6.09 Å². The summed E-state index contributed by atoms with van der Waals surface area (Å²) in [5.74, 6) is 0.0978. The largest absolute Gasteiger partial charge is 0.420 e.